The van der Waals surface area contributed by atoms with Crippen LogP contribution in [0.5, 0.6) is 5.75 Å². The van der Waals surface area contributed by atoms with E-state index in [2.05, 4.69) is 29.0 Å². The number of benzene rings is 1. The second kappa shape index (κ2) is 10.1. The van der Waals surface area contributed by atoms with E-state index >= 15 is 0 Å². The van der Waals surface area contributed by atoms with Gasteiger partial charge in [0.1, 0.15) is 17.6 Å². The summed E-state index contributed by atoms with van der Waals surface area (Å²) in [5.74, 6) is 1.86. The third-order valence-electron chi connectivity index (χ3n) is 4.52. The molecule has 0 aliphatic heterocycles. The third-order valence-corrected chi connectivity index (χ3v) is 4.52. The molecule has 2 aromatic rings. The van der Waals surface area contributed by atoms with Crippen molar-refractivity contribution in [3.63, 3.8) is 0 Å². The Bertz CT molecular complexity index is 757. The van der Waals surface area contributed by atoms with Crippen LogP contribution in [0.15, 0.2) is 36.7 Å². The van der Waals surface area contributed by atoms with Crippen LogP contribution in [-0.2, 0) is 7.05 Å². The first kappa shape index (κ1) is 21.8. The minimum absolute atomic E-state index is 0.102. The first-order valence-corrected chi connectivity index (χ1v) is 9.63. The van der Waals surface area contributed by atoms with Crippen molar-refractivity contribution in [2.24, 2.45) is 13.0 Å². The number of carbonyl (C=O) groups is 1. The van der Waals surface area contributed by atoms with Gasteiger partial charge < -0.3 is 24.4 Å². The van der Waals surface area contributed by atoms with E-state index in [9.17, 15) is 4.79 Å². The molecular weight excluding hydrogens is 354 g/mol. The number of carbonyl (C=O) groups excluding carboxylic acids is 1. The molecule has 0 radical (unpaired) electrons. The standard InChI is InChI=1S/C21H33N5O2/c1-16(2)15-26(14-13-24(3)4)21(27)23-19(20-22-11-12-25(20)5)17-9-7-8-10-18(17)28-6/h7-12,16,19H,13-15H2,1-6H3,(H,23,27). The number of hydrogen-bond donors (Lipinski definition) is 1. The van der Waals surface area contributed by atoms with E-state index in [0.29, 0.717) is 19.0 Å². The average molecular weight is 388 g/mol. The SMILES string of the molecule is COc1ccccc1C(NC(=O)N(CCN(C)C)CC(C)C)c1nccn1C. The minimum atomic E-state index is -0.405. The molecule has 7 nitrogen and oxygen atoms in total. The number of amides is 2. The Balaban J connectivity index is 2.33. The third kappa shape index (κ3) is 5.73. The monoisotopic (exact) mass is 387 g/mol. The van der Waals surface area contributed by atoms with Crippen molar-refractivity contribution in [2.75, 3.05) is 40.8 Å². The van der Waals surface area contributed by atoms with Gasteiger partial charge in [0.05, 0.1) is 7.11 Å². The van der Waals surface area contributed by atoms with E-state index in [4.69, 9.17) is 4.74 Å². The van der Waals surface area contributed by atoms with Crippen molar-refractivity contribution in [1.82, 2.24) is 24.7 Å². The Kier molecular flexibility index (Phi) is 7.87. The highest BCUT2D eigenvalue weighted by Crippen LogP contribution is 2.29. The maximum Gasteiger partial charge on any atom is 0.318 e. The van der Waals surface area contributed by atoms with Gasteiger partial charge in [0, 0.05) is 44.6 Å². The van der Waals surface area contributed by atoms with Crippen LogP contribution in [0.1, 0.15) is 31.3 Å². The average Bonchev–Trinajstić information content (AvgIpc) is 3.08. The van der Waals surface area contributed by atoms with Gasteiger partial charge in [-0.05, 0) is 26.1 Å². The number of urea groups is 1. The molecule has 1 aromatic heterocycles. The number of ether oxygens (including phenoxy) is 1. The topological polar surface area (TPSA) is 62.6 Å². The molecule has 0 bridgehead atoms. The van der Waals surface area contributed by atoms with Crippen molar-refractivity contribution in [2.45, 2.75) is 19.9 Å². The highest BCUT2D eigenvalue weighted by Gasteiger charge is 2.26. The van der Waals surface area contributed by atoms with Crippen LogP contribution in [-0.4, -0.2) is 66.2 Å². The van der Waals surface area contributed by atoms with Crippen molar-refractivity contribution >= 4 is 6.03 Å². The molecule has 0 saturated heterocycles. The van der Waals surface area contributed by atoms with E-state index in [1.54, 1.807) is 13.3 Å². The van der Waals surface area contributed by atoms with Gasteiger partial charge in [0.2, 0.25) is 0 Å². The normalized spacial score (nSPS) is 12.3. The van der Waals surface area contributed by atoms with Gasteiger partial charge >= 0.3 is 6.03 Å². The molecule has 1 unspecified atom stereocenters. The second-order valence-electron chi connectivity index (χ2n) is 7.66. The molecule has 1 heterocycles. The summed E-state index contributed by atoms with van der Waals surface area (Å²) in [5, 5.41) is 3.19. The fraction of sp³-hybridized carbons (Fsp3) is 0.524. The fourth-order valence-corrected chi connectivity index (χ4v) is 3.09. The Morgan fingerprint density at radius 2 is 1.96 bits per heavy atom. The summed E-state index contributed by atoms with van der Waals surface area (Å²) in [6, 6.07) is 7.22. The zero-order chi connectivity index (χ0) is 20.7. The summed E-state index contributed by atoms with van der Waals surface area (Å²) in [4.78, 5) is 21.6. The lowest BCUT2D eigenvalue weighted by molar-refractivity contribution is 0.181. The Hall–Kier alpha value is -2.54. The Morgan fingerprint density at radius 1 is 1.25 bits per heavy atom. The molecule has 0 aliphatic rings. The van der Waals surface area contributed by atoms with Crippen molar-refractivity contribution in [3.05, 3.63) is 48.0 Å². The molecule has 2 amide bonds. The molecule has 154 valence electrons. The van der Waals surface area contributed by atoms with Gasteiger partial charge in [0.25, 0.3) is 0 Å². The number of nitrogens with zero attached hydrogens (tertiary/aromatic N) is 4. The number of hydrogen-bond acceptors (Lipinski definition) is 4. The van der Waals surface area contributed by atoms with E-state index in [0.717, 1.165) is 23.7 Å². The molecular formula is C21H33N5O2. The molecule has 0 aliphatic carbocycles. The summed E-state index contributed by atoms with van der Waals surface area (Å²) in [6.07, 6.45) is 3.61. The van der Waals surface area contributed by atoms with Crippen LogP contribution in [0.25, 0.3) is 0 Å². The predicted octanol–water partition coefficient (Wildman–Crippen LogP) is 2.75. The number of methoxy groups -OCH3 is 1. The number of likely N-dealkylation sites (N-methyl/N-ethyl adjacent to an activating group) is 1. The van der Waals surface area contributed by atoms with E-state index in [-0.39, 0.29) is 6.03 Å². The molecule has 0 fully saturated rings. The van der Waals surface area contributed by atoms with Crippen LogP contribution in [0.3, 0.4) is 0 Å². The van der Waals surface area contributed by atoms with E-state index < -0.39 is 6.04 Å². The molecule has 0 saturated carbocycles. The largest absolute Gasteiger partial charge is 0.496 e. The van der Waals surface area contributed by atoms with Gasteiger partial charge in [-0.25, -0.2) is 9.78 Å². The molecule has 1 aromatic carbocycles. The Labute approximate surface area is 168 Å². The fourth-order valence-electron chi connectivity index (χ4n) is 3.09. The van der Waals surface area contributed by atoms with Crippen molar-refractivity contribution in [1.29, 1.82) is 0 Å². The van der Waals surface area contributed by atoms with Crippen LogP contribution in [0.4, 0.5) is 4.79 Å². The lowest BCUT2D eigenvalue weighted by Crippen LogP contribution is -2.46. The van der Waals surface area contributed by atoms with Crippen LogP contribution in [0.2, 0.25) is 0 Å². The minimum Gasteiger partial charge on any atom is -0.496 e. The molecule has 28 heavy (non-hydrogen) atoms. The number of nitrogens with one attached hydrogen (secondary N) is 1. The zero-order valence-corrected chi connectivity index (χ0v) is 17.8. The highest BCUT2D eigenvalue weighted by atomic mass is 16.5. The van der Waals surface area contributed by atoms with Crippen LogP contribution < -0.4 is 10.1 Å². The number of para-hydroxylation sites is 1. The lowest BCUT2D eigenvalue weighted by atomic mass is 10.0. The summed E-state index contributed by atoms with van der Waals surface area (Å²) in [5.41, 5.74) is 0.879. The molecule has 7 heteroatoms. The number of aromatic nitrogens is 2. The Morgan fingerprint density at radius 3 is 2.54 bits per heavy atom. The van der Waals surface area contributed by atoms with Gasteiger partial charge in [-0.3, -0.25) is 0 Å². The smallest absolute Gasteiger partial charge is 0.318 e. The van der Waals surface area contributed by atoms with Gasteiger partial charge in [-0.15, -0.1) is 0 Å². The van der Waals surface area contributed by atoms with Gasteiger partial charge in [-0.2, -0.15) is 0 Å². The summed E-state index contributed by atoms with van der Waals surface area (Å²) in [6.45, 7) is 6.40. The highest BCUT2D eigenvalue weighted by molar-refractivity contribution is 5.75. The van der Waals surface area contributed by atoms with Crippen molar-refractivity contribution < 1.29 is 9.53 Å². The zero-order valence-electron chi connectivity index (χ0n) is 17.8. The lowest BCUT2D eigenvalue weighted by Gasteiger charge is -2.29. The second-order valence-corrected chi connectivity index (χ2v) is 7.66. The quantitative estimate of drug-likeness (QED) is 0.719. The molecule has 1 atom stereocenters. The maximum absolute atomic E-state index is 13.2. The number of imidazole rings is 1. The molecule has 0 spiro atoms. The van der Waals surface area contributed by atoms with E-state index in [1.807, 2.05) is 61.1 Å². The van der Waals surface area contributed by atoms with Crippen molar-refractivity contribution in [3.8, 4) is 5.75 Å². The van der Waals surface area contributed by atoms with Gasteiger partial charge in [-0.1, -0.05) is 32.0 Å². The summed E-state index contributed by atoms with van der Waals surface area (Å²) < 4.78 is 7.46. The summed E-state index contributed by atoms with van der Waals surface area (Å²) >= 11 is 0. The number of aryl methyl sites for hydroxylation is 1. The van der Waals surface area contributed by atoms with Gasteiger partial charge in [0.15, 0.2) is 0 Å². The predicted molar refractivity (Wildman–Crippen MR) is 112 cm³/mol. The first-order valence-electron chi connectivity index (χ1n) is 9.63. The summed E-state index contributed by atoms with van der Waals surface area (Å²) in [7, 11) is 7.58. The van der Waals surface area contributed by atoms with Crippen LogP contribution >= 0.6 is 0 Å². The van der Waals surface area contributed by atoms with Crippen LogP contribution in [0, 0.1) is 5.92 Å². The van der Waals surface area contributed by atoms with E-state index in [1.165, 1.54) is 0 Å². The first-order chi connectivity index (χ1) is 13.3. The molecule has 2 rings (SSSR count). The maximum atomic E-state index is 13.2. The number of rotatable bonds is 9. The molecule has 1 N–H and O–H groups in total.